The molecule has 1 saturated carbocycles. The quantitative estimate of drug-likeness (QED) is 0.834. The highest BCUT2D eigenvalue weighted by Crippen LogP contribution is 2.30. The van der Waals surface area contributed by atoms with Crippen molar-refractivity contribution >= 4 is 17.5 Å². The van der Waals surface area contributed by atoms with Gasteiger partial charge in [0.1, 0.15) is 0 Å². The molecule has 2 rings (SSSR count). The summed E-state index contributed by atoms with van der Waals surface area (Å²) in [5.41, 5.74) is 6.49. The minimum atomic E-state index is -1.02. The van der Waals surface area contributed by atoms with Gasteiger partial charge in [-0.3, -0.25) is 0 Å². The van der Waals surface area contributed by atoms with Crippen LogP contribution in [0.4, 0.5) is 11.5 Å². The van der Waals surface area contributed by atoms with Crippen molar-refractivity contribution < 1.29 is 9.90 Å². The zero-order valence-corrected chi connectivity index (χ0v) is 10.6. The normalized spacial score (nSPS) is 15.2. The second-order valence-electron chi connectivity index (χ2n) is 4.75. The van der Waals surface area contributed by atoms with Gasteiger partial charge in [-0.05, 0) is 37.8 Å². The number of hydrogen-bond acceptors (Lipinski definition) is 4. The molecule has 0 aliphatic heterocycles. The fourth-order valence-corrected chi connectivity index (χ4v) is 2.18. The lowest BCUT2D eigenvalue weighted by molar-refractivity contribution is 0.0690. The number of carboxylic acid groups (broad SMARTS) is 1. The van der Waals surface area contributed by atoms with Crippen molar-refractivity contribution in [3.05, 3.63) is 17.8 Å². The molecule has 3 N–H and O–H groups in total. The first-order valence-corrected chi connectivity index (χ1v) is 6.36. The average molecular weight is 249 g/mol. The highest BCUT2D eigenvalue weighted by molar-refractivity contribution is 5.87. The third kappa shape index (κ3) is 2.55. The molecule has 18 heavy (non-hydrogen) atoms. The number of carboxylic acids is 1. The van der Waals surface area contributed by atoms with Crippen molar-refractivity contribution in [3.63, 3.8) is 0 Å². The Bertz CT molecular complexity index is 444. The van der Waals surface area contributed by atoms with Gasteiger partial charge in [-0.2, -0.15) is 0 Å². The minimum Gasteiger partial charge on any atom is -0.477 e. The van der Waals surface area contributed by atoms with Gasteiger partial charge in [-0.15, -0.1) is 0 Å². The molecule has 5 heteroatoms. The van der Waals surface area contributed by atoms with Crippen molar-refractivity contribution in [3.8, 4) is 0 Å². The van der Waals surface area contributed by atoms with E-state index in [-0.39, 0.29) is 5.69 Å². The average Bonchev–Trinajstić information content (AvgIpc) is 2.29. The Hall–Kier alpha value is -1.78. The van der Waals surface area contributed by atoms with E-state index in [0.29, 0.717) is 17.4 Å². The minimum absolute atomic E-state index is 0.0475. The van der Waals surface area contributed by atoms with E-state index in [9.17, 15) is 4.79 Å². The Labute approximate surface area is 107 Å². The summed E-state index contributed by atoms with van der Waals surface area (Å²) < 4.78 is 0. The molecule has 1 heterocycles. The molecule has 5 nitrogen and oxygen atoms in total. The maximum absolute atomic E-state index is 10.9. The van der Waals surface area contributed by atoms with Crippen LogP contribution in [0, 0.1) is 5.92 Å². The molecular weight excluding hydrogens is 230 g/mol. The Morgan fingerprint density at radius 2 is 2.28 bits per heavy atom. The predicted octanol–water partition coefficient (Wildman–Crippen LogP) is 1.99. The van der Waals surface area contributed by atoms with Crippen LogP contribution in [0.5, 0.6) is 0 Å². The van der Waals surface area contributed by atoms with Crippen molar-refractivity contribution in [1.82, 2.24) is 4.98 Å². The lowest BCUT2D eigenvalue weighted by atomic mass is 9.85. The zero-order valence-electron chi connectivity index (χ0n) is 10.6. The van der Waals surface area contributed by atoms with Crippen LogP contribution in [0.15, 0.2) is 12.1 Å². The fraction of sp³-hybridized carbons (Fsp3) is 0.538. The second-order valence-corrected chi connectivity index (χ2v) is 4.75. The SMILES string of the molecule is CCN(CC1CCC1)c1nc(C(=O)O)ccc1N. The number of pyridine rings is 1. The Morgan fingerprint density at radius 1 is 1.56 bits per heavy atom. The number of aromatic carboxylic acids is 1. The molecule has 1 fully saturated rings. The first-order valence-electron chi connectivity index (χ1n) is 6.36. The summed E-state index contributed by atoms with van der Waals surface area (Å²) in [5, 5.41) is 8.97. The van der Waals surface area contributed by atoms with Gasteiger partial charge >= 0.3 is 5.97 Å². The maximum Gasteiger partial charge on any atom is 0.354 e. The Balaban J connectivity index is 2.22. The van der Waals surface area contributed by atoms with Crippen LogP contribution in [0.25, 0.3) is 0 Å². The summed E-state index contributed by atoms with van der Waals surface area (Å²) in [4.78, 5) is 17.2. The Morgan fingerprint density at radius 3 is 2.78 bits per heavy atom. The van der Waals surface area contributed by atoms with Crippen LogP contribution in [0.2, 0.25) is 0 Å². The van der Waals surface area contributed by atoms with Crippen LogP contribution in [0.1, 0.15) is 36.7 Å². The van der Waals surface area contributed by atoms with Crippen LogP contribution >= 0.6 is 0 Å². The van der Waals surface area contributed by atoms with Gasteiger partial charge in [0, 0.05) is 13.1 Å². The number of rotatable bonds is 5. The van der Waals surface area contributed by atoms with E-state index >= 15 is 0 Å². The second kappa shape index (κ2) is 5.25. The van der Waals surface area contributed by atoms with Gasteiger partial charge in [0.15, 0.2) is 11.5 Å². The number of hydrogen-bond donors (Lipinski definition) is 2. The number of nitrogen functional groups attached to an aromatic ring is 1. The van der Waals surface area contributed by atoms with Crippen LogP contribution in [0.3, 0.4) is 0 Å². The molecule has 0 spiro atoms. The number of nitrogens with zero attached hydrogens (tertiary/aromatic N) is 2. The molecule has 0 bridgehead atoms. The van der Waals surface area contributed by atoms with E-state index in [1.807, 2.05) is 6.92 Å². The standard InChI is InChI=1S/C13H19N3O2/c1-2-16(8-9-4-3-5-9)12-10(14)6-7-11(15-12)13(17)18/h6-7,9H,2-5,8,14H2,1H3,(H,17,18). The van der Waals surface area contributed by atoms with Crippen molar-refractivity contribution in [1.29, 1.82) is 0 Å². The van der Waals surface area contributed by atoms with Crippen LogP contribution in [-0.2, 0) is 0 Å². The largest absolute Gasteiger partial charge is 0.477 e. The molecular formula is C13H19N3O2. The summed E-state index contributed by atoms with van der Waals surface area (Å²) >= 11 is 0. The smallest absolute Gasteiger partial charge is 0.354 e. The molecule has 0 radical (unpaired) electrons. The molecule has 1 aromatic rings. The number of aromatic nitrogens is 1. The summed E-state index contributed by atoms with van der Waals surface area (Å²) in [6, 6.07) is 3.06. The van der Waals surface area contributed by atoms with Crippen molar-refractivity contribution in [2.24, 2.45) is 5.92 Å². The zero-order chi connectivity index (χ0) is 13.1. The van der Waals surface area contributed by atoms with E-state index in [2.05, 4.69) is 9.88 Å². The highest BCUT2D eigenvalue weighted by Gasteiger charge is 2.22. The van der Waals surface area contributed by atoms with Gasteiger partial charge in [0.05, 0.1) is 5.69 Å². The van der Waals surface area contributed by atoms with Crippen molar-refractivity contribution in [2.75, 3.05) is 23.7 Å². The third-order valence-electron chi connectivity index (χ3n) is 3.51. The van der Waals surface area contributed by atoms with Gasteiger partial charge in [-0.1, -0.05) is 6.42 Å². The summed E-state index contributed by atoms with van der Waals surface area (Å²) in [6.45, 7) is 3.74. The lowest BCUT2D eigenvalue weighted by Crippen LogP contribution is -2.33. The first kappa shape index (κ1) is 12.7. The molecule has 0 unspecified atom stereocenters. The van der Waals surface area contributed by atoms with Gasteiger partial charge in [0.25, 0.3) is 0 Å². The topological polar surface area (TPSA) is 79.5 Å². The molecule has 0 aromatic carbocycles. The van der Waals surface area contributed by atoms with Crippen LogP contribution in [-0.4, -0.2) is 29.1 Å². The molecule has 1 aliphatic carbocycles. The maximum atomic E-state index is 10.9. The van der Waals surface area contributed by atoms with Gasteiger partial charge in [0.2, 0.25) is 0 Å². The number of carbonyl (C=O) groups is 1. The van der Waals surface area contributed by atoms with Crippen LogP contribution < -0.4 is 10.6 Å². The van der Waals surface area contributed by atoms with Gasteiger partial charge < -0.3 is 15.7 Å². The van der Waals surface area contributed by atoms with E-state index in [4.69, 9.17) is 10.8 Å². The molecule has 0 saturated heterocycles. The van der Waals surface area contributed by atoms with E-state index in [1.54, 1.807) is 6.07 Å². The predicted molar refractivity (Wildman–Crippen MR) is 70.8 cm³/mol. The monoisotopic (exact) mass is 249 g/mol. The third-order valence-corrected chi connectivity index (χ3v) is 3.51. The first-order chi connectivity index (χ1) is 8.61. The highest BCUT2D eigenvalue weighted by atomic mass is 16.4. The molecule has 0 amide bonds. The van der Waals surface area contributed by atoms with Crippen molar-refractivity contribution in [2.45, 2.75) is 26.2 Å². The lowest BCUT2D eigenvalue weighted by Gasteiger charge is -2.33. The van der Waals surface area contributed by atoms with E-state index in [1.165, 1.54) is 25.3 Å². The number of anilines is 2. The molecule has 1 aromatic heterocycles. The molecule has 1 aliphatic rings. The summed E-state index contributed by atoms with van der Waals surface area (Å²) in [5.74, 6) is 0.278. The Kier molecular flexibility index (Phi) is 3.69. The summed E-state index contributed by atoms with van der Waals surface area (Å²) in [6.07, 6.45) is 3.78. The van der Waals surface area contributed by atoms with E-state index < -0.39 is 5.97 Å². The number of nitrogens with two attached hydrogens (primary N) is 1. The fourth-order valence-electron chi connectivity index (χ4n) is 2.18. The molecule has 0 atom stereocenters. The summed E-state index contributed by atoms with van der Waals surface area (Å²) in [7, 11) is 0. The van der Waals surface area contributed by atoms with Gasteiger partial charge in [-0.25, -0.2) is 9.78 Å². The molecule has 98 valence electrons. The van der Waals surface area contributed by atoms with E-state index in [0.717, 1.165) is 13.1 Å².